The van der Waals surface area contributed by atoms with Gasteiger partial charge >= 0.3 is 11.9 Å². The summed E-state index contributed by atoms with van der Waals surface area (Å²) in [6.07, 6.45) is 0.679. The molecule has 0 aliphatic heterocycles. The Morgan fingerprint density at radius 2 is 1.16 bits per heavy atom. The van der Waals surface area contributed by atoms with Crippen molar-refractivity contribution in [3.05, 3.63) is 118 Å². The Labute approximate surface area is 293 Å². The van der Waals surface area contributed by atoms with Crippen LogP contribution in [0.5, 0.6) is 0 Å². The Hall–Kier alpha value is -7.24. The number of aldehydes is 1. The van der Waals surface area contributed by atoms with Crippen molar-refractivity contribution in [2.24, 2.45) is 0 Å². The molecule has 0 aliphatic rings. The maximum absolute atomic E-state index is 12.0. The van der Waals surface area contributed by atoms with E-state index in [9.17, 15) is 24.9 Å². The van der Waals surface area contributed by atoms with Crippen LogP contribution in [0.25, 0.3) is 22.8 Å². The molecule has 1 N–H and O–H groups in total. The summed E-state index contributed by atoms with van der Waals surface area (Å²) in [5.41, 5.74) is 3.77. The number of carbonyl (C=O) groups is 3. The van der Waals surface area contributed by atoms with E-state index in [1.165, 1.54) is 11.8 Å². The highest BCUT2D eigenvalue weighted by Crippen LogP contribution is 2.26. The van der Waals surface area contributed by atoms with Crippen molar-refractivity contribution in [1.82, 2.24) is 19.4 Å². The first-order valence-electron chi connectivity index (χ1n) is 15.3. The third kappa shape index (κ3) is 8.82. The van der Waals surface area contributed by atoms with E-state index in [-0.39, 0.29) is 30.4 Å². The van der Waals surface area contributed by atoms with Crippen LogP contribution >= 0.6 is 0 Å². The smallest absolute Gasteiger partial charge is 0.360 e. The average Bonchev–Trinajstić information content (AvgIpc) is 3.65. The summed E-state index contributed by atoms with van der Waals surface area (Å²) in [5.74, 6) is -0.622. The Balaban J connectivity index is 0.000000219. The minimum Gasteiger partial charge on any atom is -0.461 e. The summed E-state index contributed by atoms with van der Waals surface area (Å²) in [7, 11) is 1.43. The molecule has 0 spiro atoms. The lowest BCUT2D eigenvalue weighted by Gasteiger charge is -2.10. The summed E-state index contributed by atoms with van der Waals surface area (Å²) in [6, 6.07) is 26.4. The van der Waals surface area contributed by atoms with E-state index in [1.54, 1.807) is 100 Å². The fourth-order valence-electron chi connectivity index (χ4n) is 4.67. The second-order valence-electron chi connectivity index (χ2n) is 10.1. The quantitative estimate of drug-likeness (QED) is 0.122. The van der Waals surface area contributed by atoms with Gasteiger partial charge in [0.2, 0.25) is 0 Å². The molecule has 14 heteroatoms. The van der Waals surface area contributed by atoms with Crippen LogP contribution in [0.4, 0.5) is 0 Å². The number of ether oxygens (including phenoxy) is 2. The SMILES string of the molecule is CCOC(=O)c1c(C)nc(-c2ccccc2C#N)n1O.CCOC(=O)c1c(C)nc(-c2ccccc2C#N)n1OC.N#Cc1ccccc1C=O. The van der Waals surface area contributed by atoms with Crippen LogP contribution in [0.3, 0.4) is 0 Å². The van der Waals surface area contributed by atoms with Crippen molar-refractivity contribution in [3.63, 3.8) is 0 Å². The number of esters is 2. The zero-order chi connectivity index (χ0) is 37.5. The molecule has 5 rings (SSSR count). The van der Waals surface area contributed by atoms with Crippen molar-refractivity contribution >= 4 is 18.2 Å². The topological polar surface area (TPSA) is 206 Å². The molecular weight excluding hydrogens is 654 g/mol. The van der Waals surface area contributed by atoms with Gasteiger partial charge in [-0.2, -0.15) is 25.2 Å². The molecule has 0 saturated carbocycles. The fraction of sp³-hybridized carbons (Fsp3) is 0.189. The van der Waals surface area contributed by atoms with E-state index < -0.39 is 11.9 Å². The number of nitriles is 3. The summed E-state index contributed by atoms with van der Waals surface area (Å²) in [4.78, 5) is 47.8. The van der Waals surface area contributed by atoms with Crippen molar-refractivity contribution in [3.8, 4) is 41.0 Å². The second-order valence-corrected chi connectivity index (χ2v) is 10.1. The van der Waals surface area contributed by atoms with Crippen molar-refractivity contribution in [2.45, 2.75) is 27.7 Å². The number of nitrogens with zero attached hydrogens (tertiary/aromatic N) is 7. The minimum absolute atomic E-state index is 0.0328. The number of carbonyl (C=O) groups excluding carboxylic acids is 3. The first kappa shape index (κ1) is 38.2. The predicted octanol–water partition coefficient (Wildman–Crippen LogP) is 5.48. The highest BCUT2D eigenvalue weighted by Gasteiger charge is 2.25. The van der Waals surface area contributed by atoms with Crippen LogP contribution in [0.2, 0.25) is 0 Å². The van der Waals surface area contributed by atoms with Gasteiger partial charge in [-0.15, -0.1) is 0 Å². The number of benzene rings is 3. The number of aryl methyl sites for hydroxylation is 2. The largest absolute Gasteiger partial charge is 0.461 e. The van der Waals surface area contributed by atoms with Gasteiger partial charge in [-0.25, -0.2) is 19.6 Å². The van der Waals surface area contributed by atoms with Gasteiger partial charge in [0.15, 0.2) is 29.3 Å². The van der Waals surface area contributed by atoms with E-state index in [2.05, 4.69) is 16.0 Å². The molecule has 2 aromatic heterocycles. The van der Waals surface area contributed by atoms with Gasteiger partial charge < -0.3 is 19.5 Å². The predicted molar refractivity (Wildman–Crippen MR) is 182 cm³/mol. The Kier molecular flexibility index (Phi) is 13.7. The lowest BCUT2D eigenvalue weighted by molar-refractivity contribution is 0.0464. The summed E-state index contributed by atoms with van der Waals surface area (Å²) in [6.45, 7) is 7.16. The van der Waals surface area contributed by atoms with Gasteiger partial charge in [-0.05, 0) is 58.0 Å². The highest BCUT2D eigenvalue weighted by molar-refractivity contribution is 5.90. The van der Waals surface area contributed by atoms with Crippen molar-refractivity contribution in [1.29, 1.82) is 15.8 Å². The molecule has 3 aromatic carbocycles. The lowest BCUT2D eigenvalue weighted by atomic mass is 10.1. The first-order valence-corrected chi connectivity index (χ1v) is 15.3. The van der Waals surface area contributed by atoms with Gasteiger partial charge in [0.25, 0.3) is 0 Å². The summed E-state index contributed by atoms with van der Waals surface area (Å²) in [5, 5.41) is 36.8. The fourth-order valence-corrected chi connectivity index (χ4v) is 4.67. The van der Waals surface area contributed by atoms with E-state index >= 15 is 0 Å². The molecule has 0 bridgehead atoms. The Morgan fingerprint density at radius 3 is 1.63 bits per heavy atom. The zero-order valence-corrected chi connectivity index (χ0v) is 28.4. The first-order chi connectivity index (χ1) is 24.6. The van der Waals surface area contributed by atoms with Crippen molar-refractivity contribution < 1.29 is 33.9 Å². The van der Waals surface area contributed by atoms with Gasteiger partial charge in [0.1, 0.15) is 7.11 Å². The molecule has 0 saturated heterocycles. The normalized spacial score (nSPS) is 9.69. The van der Waals surface area contributed by atoms with Crippen LogP contribution in [-0.4, -0.2) is 63.2 Å². The minimum atomic E-state index is -0.652. The molecule has 5 aromatic rings. The standard InChI is InChI=1S/C15H15N3O3.C14H13N3O3.C8H5NO/c1-4-21-15(19)13-10(2)17-14(18(13)20-3)12-8-6-5-7-11(12)9-16;1-3-20-14(18)12-9(2)16-13(17(12)19)11-7-5-4-6-10(11)8-15;9-5-7-3-1-2-4-8(7)6-10/h5-8H,4H2,1-3H3;4-7,19H,3H2,1-2H3;1-4,6H. The van der Waals surface area contributed by atoms with Crippen LogP contribution < -0.4 is 4.84 Å². The number of hydrogen-bond acceptors (Lipinski definition) is 12. The molecule has 51 heavy (non-hydrogen) atoms. The van der Waals surface area contributed by atoms with Gasteiger partial charge in [-0.3, -0.25) is 4.79 Å². The Bertz CT molecular complexity index is 2160. The molecule has 258 valence electrons. The second kappa shape index (κ2) is 18.3. The zero-order valence-electron chi connectivity index (χ0n) is 28.4. The van der Waals surface area contributed by atoms with Crippen LogP contribution in [0, 0.1) is 47.8 Å². The summed E-state index contributed by atoms with van der Waals surface area (Å²) < 4.78 is 11.8. The highest BCUT2D eigenvalue weighted by atomic mass is 16.7. The third-order valence-corrected chi connectivity index (χ3v) is 6.95. The average molecular weight is 688 g/mol. The lowest BCUT2D eigenvalue weighted by Crippen LogP contribution is -2.18. The van der Waals surface area contributed by atoms with Gasteiger partial charge in [-0.1, -0.05) is 42.5 Å². The van der Waals surface area contributed by atoms with E-state index in [1.807, 2.05) is 12.1 Å². The van der Waals surface area contributed by atoms with Crippen molar-refractivity contribution in [2.75, 3.05) is 20.3 Å². The van der Waals surface area contributed by atoms with Crippen LogP contribution in [0.15, 0.2) is 72.8 Å². The molecule has 14 nitrogen and oxygen atoms in total. The van der Waals surface area contributed by atoms with Gasteiger partial charge in [0.05, 0.1) is 59.5 Å². The van der Waals surface area contributed by atoms with Gasteiger partial charge in [0, 0.05) is 16.7 Å². The van der Waals surface area contributed by atoms with E-state index in [0.29, 0.717) is 61.6 Å². The van der Waals surface area contributed by atoms with E-state index in [0.717, 1.165) is 0 Å². The monoisotopic (exact) mass is 687 g/mol. The number of hydrogen-bond donors (Lipinski definition) is 1. The molecule has 0 radical (unpaired) electrons. The molecule has 0 fully saturated rings. The molecule has 0 unspecified atom stereocenters. The Morgan fingerprint density at radius 1 is 0.725 bits per heavy atom. The molecule has 0 amide bonds. The molecular formula is C37H33N7O7. The van der Waals surface area contributed by atoms with E-state index in [4.69, 9.17) is 24.8 Å². The molecule has 0 atom stereocenters. The third-order valence-electron chi connectivity index (χ3n) is 6.95. The maximum Gasteiger partial charge on any atom is 0.360 e. The number of rotatable bonds is 8. The summed E-state index contributed by atoms with van der Waals surface area (Å²) >= 11 is 0. The number of aromatic nitrogens is 4. The number of imidazole rings is 2. The molecule has 0 aliphatic carbocycles. The van der Waals surface area contributed by atoms with Crippen LogP contribution in [0.1, 0.15) is 73.3 Å². The maximum atomic E-state index is 12.0. The van der Waals surface area contributed by atoms with Crippen LogP contribution in [-0.2, 0) is 9.47 Å². The molecule has 2 heterocycles.